The minimum atomic E-state index is -3.45. The lowest BCUT2D eigenvalue weighted by atomic mass is 10.2. The number of ether oxygens (including phenoxy) is 1. The largest absolute Gasteiger partial charge is 0.497 e. The van der Waals surface area contributed by atoms with Gasteiger partial charge in [0.25, 0.3) is 0 Å². The van der Waals surface area contributed by atoms with Gasteiger partial charge in [-0.15, -0.1) is 0 Å². The molecule has 0 aliphatic carbocycles. The van der Waals surface area contributed by atoms with E-state index >= 15 is 0 Å². The molecule has 1 heterocycles. The fourth-order valence-electron chi connectivity index (χ4n) is 2.27. The monoisotopic (exact) mass is 284 g/mol. The van der Waals surface area contributed by atoms with E-state index in [1.165, 1.54) is 0 Å². The highest BCUT2D eigenvalue weighted by molar-refractivity contribution is 7.89. The quantitative estimate of drug-likeness (QED) is 0.847. The number of rotatable bonds is 5. The smallest absolute Gasteiger partial charge is 0.240 e. The Labute approximate surface area is 114 Å². The summed E-state index contributed by atoms with van der Waals surface area (Å²) in [7, 11) is -1.89. The number of aryl methyl sites for hydroxylation is 1. The summed E-state index contributed by atoms with van der Waals surface area (Å²) in [5, 5.41) is 3.27. The molecule has 0 radical (unpaired) electrons. The third kappa shape index (κ3) is 3.46. The van der Waals surface area contributed by atoms with Gasteiger partial charge in [-0.05, 0) is 50.1 Å². The highest BCUT2D eigenvalue weighted by Gasteiger charge is 2.20. The number of nitrogens with one attached hydrogen (secondary N) is 2. The Morgan fingerprint density at radius 1 is 1.47 bits per heavy atom. The summed E-state index contributed by atoms with van der Waals surface area (Å²) in [4.78, 5) is 0.311. The molecule has 2 N–H and O–H groups in total. The van der Waals surface area contributed by atoms with Crippen LogP contribution in [0, 0.1) is 6.92 Å². The number of hydrogen-bond donors (Lipinski definition) is 2. The maximum atomic E-state index is 12.2. The average molecular weight is 284 g/mol. The van der Waals surface area contributed by atoms with Crippen molar-refractivity contribution in [1.82, 2.24) is 10.0 Å². The first-order chi connectivity index (χ1) is 9.03. The van der Waals surface area contributed by atoms with Gasteiger partial charge in [0.1, 0.15) is 5.75 Å². The third-order valence-corrected chi connectivity index (χ3v) is 4.94. The van der Waals surface area contributed by atoms with Crippen molar-refractivity contribution < 1.29 is 13.2 Å². The van der Waals surface area contributed by atoms with Gasteiger partial charge in [-0.25, -0.2) is 13.1 Å². The zero-order valence-electron chi connectivity index (χ0n) is 11.3. The van der Waals surface area contributed by atoms with Crippen LogP contribution in [0.4, 0.5) is 0 Å². The lowest BCUT2D eigenvalue weighted by molar-refractivity contribution is 0.414. The van der Waals surface area contributed by atoms with Crippen LogP contribution in [-0.2, 0) is 10.0 Å². The fraction of sp³-hybridized carbons (Fsp3) is 0.538. The molecule has 0 saturated carbocycles. The lowest BCUT2D eigenvalue weighted by Gasteiger charge is -2.13. The molecule has 0 spiro atoms. The van der Waals surface area contributed by atoms with E-state index in [-0.39, 0.29) is 6.04 Å². The summed E-state index contributed by atoms with van der Waals surface area (Å²) >= 11 is 0. The fourth-order valence-corrected chi connectivity index (χ4v) is 3.58. The Hall–Kier alpha value is -1.11. The van der Waals surface area contributed by atoms with Gasteiger partial charge in [-0.2, -0.15) is 0 Å². The summed E-state index contributed by atoms with van der Waals surface area (Å²) in [6, 6.07) is 5.21. The Morgan fingerprint density at radius 3 is 2.84 bits per heavy atom. The number of benzene rings is 1. The van der Waals surface area contributed by atoms with Crippen molar-refractivity contribution in [3.05, 3.63) is 23.8 Å². The first-order valence-corrected chi connectivity index (χ1v) is 7.89. The average Bonchev–Trinajstić information content (AvgIpc) is 2.89. The van der Waals surface area contributed by atoms with Crippen LogP contribution < -0.4 is 14.8 Å². The van der Waals surface area contributed by atoms with E-state index in [4.69, 9.17) is 4.74 Å². The second kappa shape index (κ2) is 5.90. The van der Waals surface area contributed by atoms with Crippen LogP contribution in [-0.4, -0.2) is 34.7 Å². The second-order valence-electron chi connectivity index (χ2n) is 4.78. The molecule has 5 nitrogen and oxygen atoms in total. The molecule has 1 aromatic carbocycles. The van der Waals surface area contributed by atoms with Gasteiger partial charge in [0.05, 0.1) is 12.0 Å². The molecule has 106 valence electrons. The molecule has 19 heavy (non-hydrogen) atoms. The summed E-state index contributed by atoms with van der Waals surface area (Å²) in [5.74, 6) is 0.661. The minimum Gasteiger partial charge on any atom is -0.497 e. The van der Waals surface area contributed by atoms with Crippen LogP contribution >= 0.6 is 0 Å². The molecular formula is C13H20N2O3S. The highest BCUT2D eigenvalue weighted by Crippen LogP contribution is 2.20. The van der Waals surface area contributed by atoms with Gasteiger partial charge >= 0.3 is 0 Å². The van der Waals surface area contributed by atoms with Gasteiger partial charge in [0.2, 0.25) is 10.0 Å². The normalized spacial score (nSPS) is 19.6. The predicted octanol–water partition coefficient (Wildman–Crippen LogP) is 1.03. The topological polar surface area (TPSA) is 67.4 Å². The van der Waals surface area contributed by atoms with Crippen LogP contribution in [0.5, 0.6) is 5.75 Å². The first-order valence-electron chi connectivity index (χ1n) is 6.40. The first kappa shape index (κ1) is 14.3. The van der Waals surface area contributed by atoms with Crippen molar-refractivity contribution in [1.29, 1.82) is 0 Å². The van der Waals surface area contributed by atoms with Crippen LogP contribution in [0.15, 0.2) is 23.1 Å². The molecule has 1 fully saturated rings. The summed E-state index contributed by atoms with van der Waals surface area (Å²) < 4.78 is 32.2. The molecule has 6 heteroatoms. The molecule has 0 amide bonds. The predicted molar refractivity (Wildman–Crippen MR) is 73.9 cm³/mol. The lowest BCUT2D eigenvalue weighted by Crippen LogP contribution is -2.37. The molecular weight excluding hydrogens is 264 g/mol. The Balaban J connectivity index is 2.10. The second-order valence-corrected chi connectivity index (χ2v) is 6.51. The minimum absolute atomic E-state index is 0.244. The van der Waals surface area contributed by atoms with E-state index in [0.29, 0.717) is 22.8 Å². The van der Waals surface area contributed by atoms with Crippen LogP contribution in [0.3, 0.4) is 0 Å². The molecule has 1 saturated heterocycles. The Bertz CT molecular complexity index is 537. The van der Waals surface area contributed by atoms with Crippen molar-refractivity contribution in [2.75, 3.05) is 20.2 Å². The molecule has 1 aliphatic rings. The molecule has 1 aromatic rings. The van der Waals surface area contributed by atoms with Crippen molar-refractivity contribution in [2.45, 2.75) is 30.7 Å². The molecule has 1 aliphatic heterocycles. The van der Waals surface area contributed by atoms with E-state index in [1.807, 2.05) is 0 Å². The molecule has 1 unspecified atom stereocenters. The van der Waals surface area contributed by atoms with Gasteiger partial charge in [-0.3, -0.25) is 0 Å². The Morgan fingerprint density at radius 2 is 2.26 bits per heavy atom. The molecule has 2 rings (SSSR count). The van der Waals surface area contributed by atoms with Gasteiger partial charge in [0, 0.05) is 12.6 Å². The van der Waals surface area contributed by atoms with Crippen molar-refractivity contribution in [2.24, 2.45) is 0 Å². The number of hydrogen-bond acceptors (Lipinski definition) is 4. The zero-order chi connectivity index (χ0) is 13.9. The molecule has 1 atom stereocenters. The van der Waals surface area contributed by atoms with Crippen LogP contribution in [0.2, 0.25) is 0 Å². The van der Waals surface area contributed by atoms with Gasteiger partial charge < -0.3 is 10.1 Å². The zero-order valence-corrected chi connectivity index (χ0v) is 12.1. The van der Waals surface area contributed by atoms with E-state index in [9.17, 15) is 8.42 Å². The van der Waals surface area contributed by atoms with Crippen molar-refractivity contribution in [3.63, 3.8) is 0 Å². The van der Waals surface area contributed by atoms with Crippen LogP contribution in [0.25, 0.3) is 0 Å². The number of methoxy groups -OCH3 is 1. The molecule has 0 bridgehead atoms. The van der Waals surface area contributed by atoms with E-state index in [2.05, 4.69) is 10.0 Å². The van der Waals surface area contributed by atoms with Crippen LogP contribution in [0.1, 0.15) is 18.4 Å². The molecule has 0 aromatic heterocycles. The maximum absolute atomic E-state index is 12.2. The van der Waals surface area contributed by atoms with E-state index in [0.717, 1.165) is 19.4 Å². The standard InChI is InChI=1S/C13H20N2O3S/c1-10-8-12(18-2)5-6-13(10)19(16,17)15-9-11-4-3-7-14-11/h5-6,8,11,14-15H,3-4,7,9H2,1-2H3. The van der Waals surface area contributed by atoms with Crippen molar-refractivity contribution >= 4 is 10.0 Å². The summed E-state index contributed by atoms with van der Waals surface area (Å²) in [6.45, 7) is 3.17. The van der Waals surface area contributed by atoms with Gasteiger partial charge in [0.15, 0.2) is 0 Å². The van der Waals surface area contributed by atoms with Crippen molar-refractivity contribution in [3.8, 4) is 5.75 Å². The summed E-state index contributed by atoms with van der Waals surface area (Å²) in [6.07, 6.45) is 2.12. The highest BCUT2D eigenvalue weighted by atomic mass is 32.2. The Kier molecular flexibility index (Phi) is 4.44. The summed E-state index contributed by atoms with van der Waals surface area (Å²) in [5.41, 5.74) is 0.686. The number of sulfonamides is 1. The third-order valence-electron chi connectivity index (χ3n) is 3.35. The van der Waals surface area contributed by atoms with E-state index in [1.54, 1.807) is 32.2 Å². The van der Waals surface area contributed by atoms with Gasteiger partial charge in [-0.1, -0.05) is 0 Å². The van der Waals surface area contributed by atoms with E-state index < -0.39 is 10.0 Å². The SMILES string of the molecule is COc1ccc(S(=O)(=O)NCC2CCCN2)c(C)c1. The maximum Gasteiger partial charge on any atom is 0.240 e.